The maximum Gasteiger partial charge on any atom is 0.303 e. The first-order chi connectivity index (χ1) is 9.61. The van der Waals surface area contributed by atoms with Gasteiger partial charge in [0.2, 0.25) is 6.41 Å². The minimum Gasteiger partial charge on any atom is -0.481 e. The number of nitrogens with one attached hydrogen (secondary N) is 1. The number of para-hydroxylation sites is 1. The number of carboxylic acid groups (broad SMARTS) is 1. The monoisotopic (exact) mass is 274 g/mol. The van der Waals surface area contributed by atoms with Crippen molar-refractivity contribution in [1.29, 1.82) is 0 Å². The Bertz CT molecular complexity index is 619. The molecule has 1 amide bonds. The maximum absolute atomic E-state index is 10.7. The SMILES string of the molecule is Cn1cc(CC(CCC(=O)O)NC=O)c2ccccc21. The molecule has 1 unspecified atom stereocenters. The first kappa shape index (κ1) is 14.1. The van der Waals surface area contributed by atoms with E-state index in [1.54, 1.807) is 0 Å². The third-order valence-electron chi connectivity index (χ3n) is 3.46. The van der Waals surface area contributed by atoms with E-state index in [1.165, 1.54) is 0 Å². The predicted molar refractivity (Wildman–Crippen MR) is 76.5 cm³/mol. The van der Waals surface area contributed by atoms with E-state index in [-0.39, 0.29) is 12.5 Å². The Hall–Kier alpha value is -2.30. The number of carbonyl (C=O) groups excluding carboxylic acids is 1. The van der Waals surface area contributed by atoms with Crippen LogP contribution in [0.5, 0.6) is 0 Å². The van der Waals surface area contributed by atoms with Gasteiger partial charge < -0.3 is 15.0 Å². The number of benzene rings is 1. The molecule has 0 bridgehead atoms. The summed E-state index contributed by atoms with van der Waals surface area (Å²) < 4.78 is 2.04. The largest absolute Gasteiger partial charge is 0.481 e. The molecule has 1 atom stereocenters. The summed E-state index contributed by atoms with van der Waals surface area (Å²) in [5, 5.41) is 12.6. The maximum atomic E-state index is 10.7. The van der Waals surface area contributed by atoms with Crippen molar-refractivity contribution in [2.45, 2.75) is 25.3 Å². The zero-order chi connectivity index (χ0) is 14.5. The lowest BCUT2D eigenvalue weighted by Crippen LogP contribution is -2.30. The van der Waals surface area contributed by atoms with E-state index in [9.17, 15) is 9.59 Å². The lowest BCUT2D eigenvalue weighted by atomic mass is 10.0. The third-order valence-corrected chi connectivity index (χ3v) is 3.46. The van der Waals surface area contributed by atoms with Crippen LogP contribution in [0.4, 0.5) is 0 Å². The lowest BCUT2D eigenvalue weighted by Gasteiger charge is -2.14. The number of carboxylic acids is 1. The Morgan fingerprint density at radius 2 is 2.20 bits per heavy atom. The zero-order valence-corrected chi connectivity index (χ0v) is 11.4. The summed E-state index contributed by atoms with van der Waals surface area (Å²) in [5.74, 6) is -0.847. The molecular weight excluding hydrogens is 256 g/mol. The molecule has 5 heteroatoms. The number of aliphatic carboxylic acids is 1. The Labute approximate surface area is 117 Å². The quantitative estimate of drug-likeness (QED) is 0.755. The number of hydrogen-bond acceptors (Lipinski definition) is 2. The first-order valence-corrected chi connectivity index (χ1v) is 6.56. The smallest absolute Gasteiger partial charge is 0.303 e. The van der Waals surface area contributed by atoms with Crippen LogP contribution in [0.3, 0.4) is 0 Å². The highest BCUT2D eigenvalue weighted by molar-refractivity contribution is 5.84. The van der Waals surface area contributed by atoms with Gasteiger partial charge in [0.25, 0.3) is 0 Å². The van der Waals surface area contributed by atoms with Crippen molar-refractivity contribution in [1.82, 2.24) is 9.88 Å². The average molecular weight is 274 g/mol. The third kappa shape index (κ3) is 3.17. The Morgan fingerprint density at radius 1 is 1.45 bits per heavy atom. The van der Waals surface area contributed by atoms with Gasteiger partial charge in [0.05, 0.1) is 0 Å². The minimum absolute atomic E-state index is 0.0519. The number of aromatic nitrogens is 1. The van der Waals surface area contributed by atoms with Crippen molar-refractivity contribution in [3.63, 3.8) is 0 Å². The standard InChI is InChI=1S/C15H18N2O3/c1-17-9-11(13-4-2-3-5-14(13)17)8-12(16-10-18)6-7-15(19)20/h2-5,9-10,12H,6-8H2,1H3,(H,16,18)(H,19,20). The van der Waals surface area contributed by atoms with Crippen LogP contribution in [0.1, 0.15) is 18.4 Å². The van der Waals surface area contributed by atoms with Crippen LogP contribution >= 0.6 is 0 Å². The molecule has 1 aromatic heterocycles. The molecule has 2 rings (SSSR count). The molecule has 2 aromatic rings. The van der Waals surface area contributed by atoms with E-state index in [0.29, 0.717) is 19.3 Å². The molecule has 0 spiro atoms. The molecule has 0 aliphatic rings. The normalized spacial score (nSPS) is 12.2. The number of fused-ring (bicyclic) bond motifs is 1. The zero-order valence-electron chi connectivity index (χ0n) is 11.4. The van der Waals surface area contributed by atoms with Crippen molar-refractivity contribution in [3.05, 3.63) is 36.0 Å². The molecule has 20 heavy (non-hydrogen) atoms. The molecule has 0 fully saturated rings. The number of nitrogens with zero attached hydrogens (tertiary/aromatic N) is 1. The van der Waals surface area contributed by atoms with Crippen LogP contribution in [0.15, 0.2) is 30.5 Å². The summed E-state index contributed by atoms with van der Waals surface area (Å²) in [6.45, 7) is 0. The topological polar surface area (TPSA) is 71.3 Å². The van der Waals surface area contributed by atoms with Gasteiger partial charge in [0.15, 0.2) is 0 Å². The van der Waals surface area contributed by atoms with Crippen LogP contribution in [0.25, 0.3) is 10.9 Å². The average Bonchev–Trinajstić information content (AvgIpc) is 2.74. The molecule has 0 saturated carbocycles. The van der Waals surface area contributed by atoms with Gasteiger partial charge in [-0.25, -0.2) is 0 Å². The summed E-state index contributed by atoms with van der Waals surface area (Å²) >= 11 is 0. The summed E-state index contributed by atoms with van der Waals surface area (Å²) in [5.41, 5.74) is 2.25. The fourth-order valence-electron chi connectivity index (χ4n) is 2.49. The summed E-state index contributed by atoms with van der Waals surface area (Å²) in [6.07, 6.45) is 3.78. The van der Waals surface area contributed by atoms with Crippen molar-refractivity contribution >= 4 is 23.3 Å². The van der Waals surface area contributed by atoms with Crippen molar-refractivity contribution in [3.8, 4) is 0 Å². The number of carbonyl (C=O) groups is 2. The minimum atomic E-state index is -0.847. The Kier molecular flexibility index (Phi) is 4.40. The van der Waals surface area contributed by atoms with Gasteiger partial charge in [-0.05, 0) is 24.5 Å². The predicted octanol–water partition coefficient (Wildman–Crippen LogP) is 1.70. The van der Waals surface area contributed by atoms with E-state index >= 15 is 0 Å². The molecule has 1 heterocycles. The second-order valence-corrected chi connectivity index (χ2v) is 4.90. The number of hydrogen-bond donors (Lipinski definition) is 2. The molecular formula is C15H18N2O3. The van der Waals surface area contributed by atoms with E-state index in [0.717, 1.165) is 16.5 Å². The summed E-state index contributed by atoms with van der Waals surface area (Å²) in [4.78, 5) is 21.3. The number of amides is 1. The fourth-order valence-corrected chi connectivity index (χ4v) is 2.49. The van der Waals surface area contributed by atoms with Crippen molar-refractivity contribution in [2.75, 3.05) is 0 Å². The summed E-state index contributed by atoms with van der Waals surface area (Å²) in [7, 11) is 1.98. The molecule has 0 radical (unpaired) electrons. The van der Waals surface area contributed by atoms with E-state index in [2.05, 4.69) is 5.32 Å². The van der Waals surface area contributed by atoms with E-state index in [4.69, 9.17) is 5.11 Å². The van der Waals surface area contributed by atoms with Gasteiger partial charge in [-0.2, -0.15) is 0 Å². The van der Waals surface area contributed by atoms with Gasteiger partial charge in [0.1, 0.15) is 0 Å². The number of aryl methyl sites for hydroxylation is 1. The van der Waals surface area contributed by atoms with Gasteiger partial charge in [-0.1, -0.05) is 18.2 Å². The highest BCUT2D eigenvalue weighted by Crippen LogP contribution is 2.22. The van der Waals surface area contributed by atoms with Crippen LogP contribution in [0, 0.1) is 0 Å². The fraction of sp³-hybridized carbons (Fsp3) is 0.333. The van der Waals surface area contributed by atoms with Gasteiger partial charge in [-0.15, -0.1) is 0 Å². The molecule has 5 nitrogen and oxygen atoms in total. The summed E-state index contributed by atoms with van der Waals surface area (Å²) in [6, 6.07) is 7.88. The van der Waals surface area contributed by atoms with Crippen molar-refractivity contribution in [2.24, 2.45) is 7.05 Å². The first-order valence-electron chi connectivity index (χ1n) is 6.56. The highest BCUT2D eigenvalue weighted by Gasteiger charge is 2.14. The van der Waals surface area contributed by atoms with Crippen LogP contribution in [-0.2, 0) is 23.1 Å². The highest BCUT2D eigenvalue weighted by atomic mass is 16.4. The molecule has 1 aromatic carbocycles. The second-order valence-electron chi connectivity index (χ2n) is 4.90. The molecule has 2 N–H and O–H groups in total. The molecule has 0 aliphatic heterocycles. The number of rotatable bonds is 7. The van der Waals surface area contributed by atoms with E-state index in [1.807, 2.05) is 42.1 Å². The molecule has 106 valence electrons. The van der Waals surface area contributed by atoms with Crippen LogP contribution in [0.2, 0.25) is 0 Å². The van der Waals surface area contributed by atoms with Crippen LogP contribution < -0.4 is 5.32 Å². The van der Waals surface area contributed by atoms with Crippen LogP contribution in [-0.4, -0.2) is 28.1 Å². The molecule has 0 aliphatic carbocycles. The Balaban J connectivity index is 2.19. The van der Waals surface area contributed by atoms with Gasteiger partial charge >= 0.3 is 5.97 Å². The lowest BCUT2D eigenvalue weighted by molar-refractivity contribution is -0.137. The second kappa shape index (κ2) is 6.23. The van der Waals surface area contributed by atoms with Gasteiger partial charge in [-0.3, -0.25) is 9.59 Å². The Morgan fingerprint density at radius 3 is 2.90 bits per heavy atom. The van der Waals surface area contributed by atoms with Gasteiger partial charge in [0, 0.05) is 36.6 Å². The van der Waals surface area contributed by atoms with Crippen molar-refractivity contribution < 1.29 is 14.7 Å². The van der Waals surface area contributed by atoms with E-state index < -0.39 is 5.97 Å². The molecule has 0 saturated heterocycles.